The Labute approximate surface area is 97.7 Å². The summed E-state index contributed by atoms with van der Waals surface area (Å²) in [6, 6.07) is -0.752. The third-order valence-electron chi connectivity index (χ3n) is 2.55. The number of nitrogens with two attached hydrogens (primary N) is 1. The monoisotopic (exact) mass is 242 g/mol. The summed E-state index contributed by atoms with van der Waals surface area (Å²) in [5.41, 5.74) is 6.01. The van der Waals surface area contributed by atoms with Crippen molar-refractivity contribution in [1.29, 1.82) is 0 Å². The third kappa shape index (κ3) is 1.43. The number of fused-ring (bicyclic) bond motifs is 1. The van der Waals surface area contributed by atoms with Gasteiger partial charge in [-0.1, -0.05) is 0 Å². The van der Waals surface area contributed by atoms with E-state index in [9.17, 15) is 9.59 Å². The summed E-state index contributed by atoms with van der Waals surface area (Å²) < 4.78 is 9.39. The Balaban J connectivity index is 2.36. The fraction of sp³-hybridized carbons (Fsp3) is 0.500. The van der Waals surface area contributed by atoms with Gasteiger partial charge < -0.3 is 15.1 Å². The topological polar surface area (TPSA) is 81.9 Å². The first-order chi connectivity index (χ1) is 7.61. The lowest BCUT2D eigenvalue weighted by molar-refractivity contribution is -0.179. The van der Waals surface area contributed by atoms with Crippen molar-refractivity contribution in [2.24, 2.45) is 5.73 Å². The first kappa shape index (κ1) is 11.4. The van der Waals surface area contributed by atoms with Crippen molar-refractivity contribution < 1.29 is 19.0 Å². The predicted octanol–water partition coefficient (Wildman–Crippen LogP) is -1.37. The van der Waals surface area contributed by atoms with Gasteiger partial charge in [0, 0.05) is 11.5 Å². The van der Waals surface area contributed by atoms with Crippen LogP contribution in [-0.2, 0) is 19.0 Å². The van der Waals surface area contributed by atoms with Gasteiger partial charge in [-0.15, -0.1) is 11.6 Å². The zero-order valence-corrected chi connectivity index (χ0v) is 8.94. The molecular weight excluding hydrogens is 234 g/mol. The molecule has 0 unspecified atom stereocenters. The van der Waals surface area contributed by atoms with Crippen LogP contribution in [-0.4, -0.2) is 49.6 Å². The predicted molar refractivity (Wildman–Crippen MR) is 54.2 cm³/mol. The number of alkyl halides is 1. The smallest absolute Gasteiger partial charge is 0.378 e. The van der Waals surface area contributed by atoms with Gasteiger partial charge in [0.25, 0.3) is 5.91 Å². The number of amides is 1. The van der Waals surface area contributed by atoms with Gasteiger partial charge in [-0.3, -0.25) is 9.69 Å². The molecule has 1 saturated heterocycles. The maximum atomic E-state index is 11.5. The zero-order chi connectivity index (χ0) is 11.9. The molecule has 2 heterocycles. The Morgan fingerprint density at radius 1 is 1.75 bits per heavy atom. The fourth-order valence-corrected chi connectivity index (χ4v) is 1.93. The molecule has 0 aliphatic carbocycles. The maximum Gasteiger partial charge on any atom is 0.378 e. The summed E-state index contributed by atoms with van der Waals surface area (Å²) >= 11 is 5.64. The summed E-state index contributed by atoms with van der Waals surface area (Å²) in [6.45, 7) is 0.135. The fourth-order valence-electron chi connectivity index (χ4n) is 1.73. The summed E-state index contributed by atoms with van der Waals surface area (Å²) in [7, 11) is 4.79. The molecule has 2 rings (SSSR count). The molecule has 0 aromatic carbocycles. The second kappa shape index (κ2) is 4.08. The summed E-state index contributed by atoms with van der Waals surface area (Å²) in [4.78, 5) is 24.0. The maximum absolute atomic E-state index is 11.5. The van der Waals surface area contributed by atoms with E-state index in [4.69, 9.17) is 30.1 Å². The van der Waals surface area contributed by atoms with Gasteiger partial charge >= 0.3 is 14.0 Å². The van der Waals surface area contributed by atoms with E-state index in [1.165, 1.54) is 0 Å². The molecule has 2 N–H and O–H groups in total. The van der Waals surface area contributed by atoms with Crippen molar-refractivity contribution in [3.8, 4) is 0 Å². The van der Waals surface area contributed by atoms with Gasteiger partial charge in [0.05, 0.1) is 6.61 Å². The van der Waals surface area contributed by atoms with Gasteiger partial charge in [0.1, 0.15) is 11.7 Å². The largest absolute Gasteiger partial charge is 0.539 e. The van der Waals surface area contributed by atoms with Gasteiger partial charge in [-0.25, -0.2) is 4.79 Å². The molecule has 8 heteroatoms. The van der Waals surface area contributed by atoms with Crippen molar-refractivity contribution in [2.45, 2.75) is 12.3 Å². The van der Waals surface area contributed by atoms with Crippen LogP contribution in [0.2, 0.25) is 0 Å². The van der Waals surface area contributed by atoms with Crippen molar-refractivity contribution >= 4 is 31.5 Å². The third-order valence-corrected chi connectivity index (χ3v) is 2.87. The second-order valence-electron chi connectivity index (χ2n) is 3.43. The molecule has 2 aliphatic heterocycles. The molecule has 0 aromatic heterocycles. The molecule has 2 atom stereocenters. The van der Waals surface area contributed by atoms with Gasteiger partial charge in [0.15, 0.2) is 6.23 Å². The molecule has 1 amide bonds. The van der Waals surface area contributed by atoms with Crippen LogP contribution in [0.15, 0.2) is 11.3 Å². The van der Waals surface area contributed by atoms with Crippen LogP contribution >= 0.6 is 11.6 Å². The number of carbonyl (C=O) groups excluding carboxylic acids is 2. The molecule has 1 fully saturated rings. The van der Waals surface area contributed by atoms with Crippen molar-refractivity contribution in [2.75, 3.05) is 12.5 Å². The second-order valence-corrected chi connectivity index (χ2v) is 3.69. The number of β-lactam (4-membered cyclic amide) rings is 1. The number of hydrogen-bond acceptors (Lipinski definition) is 5. The van der Waals surface area contributed by atoms with Gasteiger partial charge in [-0.2, -0.15) is 0 Å². The minimum Gasteiger partial charge on any atom is -0.539 e. The molecule has 6 nitrogen and oxygen atoms in total. The van der Waals surface area contributed by atoms with Crippen LogP contribution in [0.25, 0.3) is 0 Å². The zero-order valence-electron chi connectivity index (χ0n) is 8.18. The van der Waals surface area contributed by atoms with Crippen molar-refractivity contribution in [1.82, 2.24) is 4.90 Å². The van der Waals surface area contributed by atoms with E-state index >= 15 is 0 Å². The summed E-state index contributed by atoms with van der Waals surface area (Å²) in [5.74, 6) is -1.17. The number of rotatable bonds is 2. The average molecular weight is 242 g/mol. The Hall–Kier alpha value is -1.05. The van der Waals surface area contributed by atoms with Crippen LogP contribution in [0.5, 0.6) is 0 Å². The molecule has 0 spiro atoms. The van der Waals surface area contributed by atoms with E-state index < -0.39 is 24.1 Å². The number of hydrogen-bond donors (Lipinski definition) is 1. The Kier molecular flexibility index (Phi) is 2.92. The van der Waals surface area contributed by atoms with Crippen LogP contribution < -0.4 is 5.73 Å². The van der Waals surface area contributed by atoms with E-state index in [-0.39, 0.29) is 18.2 Å². The Morgan fingerprint density at radius 3 is 3.00 bits per heavy atom. The highest BCUT2D eigenvalue weighted by atomic mass is 35.5. The van der Waals surface area contributed by atoms with Crippen molar-refractivity contribution in [3.05, 3.63) is 11.3 Å². The highest BCUT2D eigenvalue weighted by Crippen LogP contribution is 2.32. The van der Waals surface area contributed by atoms with Gasteiger partial charge in [0.2, 0.25) is 0 Å². The van der Waals surface area contributed by atoms with Crippen molar-refractivity contribution in [3.63, 3.8) is 0 Å². The van der Waals surface area contributed by atoms with E-state index in [2.05, 4.69) is 4.65 Å². The number of nitrogens with zero attached hydrogens (tertiary/aromatic N) is 1. The lowest BCUT2D eigenvalue weighted by Gasteiger charge is -2.48. The van der Waals surface area contributed by atoms with E-state index in [1.54, 1.807) is 0 Å². The van der Waals surface area contributed by atoms with Crippen LogP contribution in [0.4, 0.5) is 0 Å². The first-order valence-electron chi connectivity index (χ1n) is 4.51. The summed E-state index contributed by atoms with van der Waals surface area (Å²) in [6.07, 6.45) is -0.631. The molecule has 2 radical (unpaired) electrons. The van der Waals surface area contributed by atoms with Crippen LogP contribution in [0.3, 0.4) is 0 Å². The van der Waals surface area contributed by atoms with E-state index in [1.807, 2.05) is 0 Å². The standard InChI is InChI=1S/C8H8BClN2O4/c9-16-8(14)5-3(1-10)2-15-7-4(11)6(13)12(5)7/h4,7H,1-2,11H2/t4-,7-/m1/s1. The molecular formula is C8H8BClN2O4. The lowest BCUT2D eigenvalue weighted by Crippen LogP contribution is -2.71. The molecule has 0 bridgehead atoms. The van der Waals surface area contributed by atoms with Gasteiger partial charge in [-0.05, 0) is 0 Å². The number of ether oxygens (including phenoxy) is 1. The molecule has 2 aliphatic rings. The number of halogens is 1. The van der Waals surface area contributed by atoms with E-state index in [0.29, 0.717) is 5.57 Å². The van der Waals surface area contributed by atoms with Crippen LogP contribution in [0, 0.1) is 0 Å². The normalized spacial score (nSPS) is 28.6. The SMILES string of the molecule is [B]OC(=O)C1=C(CCl)CO[C@@H]2[C@H](N)C(=O)N12. The molecule has 16 heavy (non-hydrogen) atoms. The number of carbonyl (C=O) groups is 2. The van der Waals surface area contributed by atoms with E-state index in [0.717, 1.165) is 4.90 Å². The lowest BCUT2D eigenvalue weighted by atomic mass is 10.00. The Bertz CT molecular complexity index is 386. The minimum atomic E-state index is -0.816. The first-order valence-corrected chi connectivity index (χ1v) is 5.04. The highest BCUT2D eigenvalue weighted by molar-refractivity contribution is 6.20. The molecule has 84 valence electrons. The summed E-state index contributed by atoms with van der Waals surface area (Å²) in [5, 5.41) is 0. The minimum absolute atomic E-state index is 0.0421. The highest BCUT2D eigenvalue weighted by Gasteiger charge is 2.52. The Morgan fingerprint density at radius 2 is 2.44 bits per heavy atom. The quantitative estimate of drug-likeness (QED) is 0.367. The molecule has 0 aromatic rings. The molecule has 0 saturated carbocycles. The van der Waals surface area contributed by atoms with Crippen LogP contribution in [0.1, 0.15) is 0 Å². The average Bonchev–Trinajstić information content (AvgIpc) is 2.34.